The number of pyridine rings is 1. The van der Waals surface area contributed by atoms with E-state index in [1.54, 1.807) is 19.3 Å². The average Bonchev–Trinajstić information content (AvgIpc) is 2.20. The minimum Gasteiger partial charge on any atom is -0.295 e. The molecule has 15 heavy (non-hydrogen) atoms. The van der Waals surface area contributed by atoms with Crippen LogP contribution >= 0.6 is 9.24 Å². The molecule has 0 aliphatic rings. The van der Waals surface area contributed by atoms with E-state index in [2.05, 4.69) is 21.1 Å². The zero-order valence-corrected chi connectivity index (χ0v) is 10.3. The van der Waals surface area contributed by atoms with Crippen LogP contribution in [0.5, 0.6) is 0 Å². The monoisotopic (exact) mass is 221 g/mol. The van der Waals surface area contributed by atoms with E-state index < -0.39 is 0 Å². The first-order valence-corrected chi connectivity index (χ1v) is 5.64. The summed E-state index contributed by atoms with van der Waals surface area (Å²) in [6.45, 7) is 3.69. The lowest BCUT2D eigenvalue weighted by atomic mass is 10.0. The second kappa shape index (κ2) is 5.77. The molecule has 0 saturated carbocycles. The minimum absolute atomic E-state index is 0.151. The van der Waals surface area contributed by atoms with Gasteiger partial charge in [-0.15, -0.1) is 9.24 Å². The maximum absolute atomic E-state index is 11.4. The number of allylic oxidation sites excluding steroid dienone is 1. The van der Waals surface area contributed by atoms with Gasteiger partial charge in [0.2, 0.25) is 0 Å². The van der Waals surface area contributed by atoms with E-state index in [0.717, 1.165) is 29.3 Å². The Kier molecular flexibility index (Phi) is 4.64. The molecule has 0 saturated heterocycles. The van der Waals surface area contributed by atoms with E-state index in [4.69, 9.17) is 0 Å². The van der Waals surface area contributed by atoms with Gasteiger partial charge in [0.25, 0.3) is 0 Å². The molecule has 1 aromatic rings. The molecule has 0 aromatic carbocycles. The molecule has 1 heterocycles. The van der Waals surface area contributed by atoms with Gasteiger partial charge in [-0.3, -0.25) is 9.78 Å². The fourth-order valence-corrected chi connectivity index (χ4v) is 1.62. The molecule has 0 amide bonds. The Morgan fingerprint density at radius 2 is 2.33 bits per heavy atom. The lowest BCUT2D eigenvalue weighted by molar-refractivity contribution is -0.113. The third-order valence-electron chi connectivity index (χ3n) is 2.19. The smallest absolute Gasteiger partial charge is 0.155 e. The summed E-state index contributed by atoms with van der Waals surface area (Å²) >= 11 is 0. The summed E-state index contributed by atoms with van der Waals surface area (Å²) in [5, 5.41) is 1.02. The fraction of sp³-hybridized carbons (Fsp3) is 0.333. The van der Waals surface area contributed by atoms with Gasteiger partial charge in [-0.25, -0.2) is 0 Å². The number of hydrogen-bond donors (Lipinski definition) is 0. The maximum Gasteiger partial charge on any atom is 0.155 e. The third kappa shape index (κ3) is 3.56. The molecule has 80 valence electrons. The van der Waals surface area contributed by atoms with Gasteiger partial charge in [0.15, 0.2) is 5.78 Å². The average molecular weight is 221 g/mol. The first-order chi connectivity index (χ1) is 7.15. The van der Waals surface area contributed by atoms with Crippen LogP contribution in [-0.2, 0) is 4.79 Å². The first-order valence-electron chi connectivity index (χ1n) is 5.06. The summed E-state index contributed by atoms with van der Waals surface area (Å²) in [5.74, 6) is 0.151. The number of hydrogen-bond acceptors (Lipinski definition) is 2. The highest BCUT2D eigenvalue weighted by atomic mass is 31.0. The van der Waals surface area contributed by atoms with E-state index >= 15 is 0 Å². The number of rotatable bonds is 4. The van der Waals surface area contributed by atoms with Crippen LogP contribution in [0.1, 0.15) is 32.3 Å². The van der Waals surface area contributed by atoms with Crippen molar-refractivity contribution in [1.29, 1.82) is 0 Å². The van der Waals surface area contributed by atoms with Gasteiger partial charge in [-0.1, -0.05) is 13.3 Å². The highest BCUT2D eigenvalue weighted by Crippen LogP contribution is 2.12. The summed E-state index contributed by atoms with van der Waals surface area (Å²) in [5.41, 5.74) is 1.93. The molecule has 0 aliphatic carbocycles. The molecular formula is C12H16NOP. The molecule has 1 rings (SSSR count). The number of nitrogens with zero attached hydrogens (tertiary/aromatic N) is 1. The van der Waals surface area contributed by atoms with Crippen LogP contribution < -0.4 is 5.30 Å². The molecule has 0 bridgehead atoms. The Hall–Kier alpha value is -1.01. The van der Waals surface area contributed by atoms with Crippen molar-refractivity contribution in [3.8, 4) is 0 Å². The van der Waals surface area contributed by atoms with Gasteiger partial charge in [-0.2, -0.15) is 0 Å². The highest BCUT2D eigenvalue weighted by molar-refractivity contribution is 7.27. The summed E-state index contributed by atoms with van der Waals surface area (Å²) in [6, 6.07) is 1.92. The lowest BCUT2D eigenvalue weighted by Gasteiger charge is -2.03. The topological polar surface area (TPSA) is 30.0 Å². The second-order valence-corrected chi connectivity index (χ2v) is 4.10. The van der Waals surface area contributed by atoms with Gasteiger partial charge in [0, 0.05) is 12.4 Å². The molecular weight excluding hydrogens is 205 g/mol. The highest BCUT2D eigenvalue weighted by Gasteiger charge is 2.03. The fourth-order valence-electron chi connectivity index (χ4n) is 1.36. The quantitative estimate of drug-likeness (QED) is 0.577. The van der Waals surface area contributed by atoms with E-state index in [1.165, 1.54) is 0 Å². The molecule has 0 spiro atoms. The maximum atomic E-state index is 11.4. The third-order valence-corrected chi connectivity index (χ3v) is 2.67. The molecule has 3 heteroatoms. The summed E-state index contributed by atoms with van der Waals surface area (Å²) < 4.78 is 0. The Bertz CT molecular complexity index is 385. The molecule has 0 aliphatic heterocycles. The molecule has 1 unspecified atom stereocenters. The van der Waals surface area contributed by atoms with Crippen LogP contribution in [0.2, 0.25) is 0 Å². The van der Waals surface area contributed by atoms with Crippen molar-refractivity contribution in [3.05, 3.63) is 29.6 Å². The molecule has 1 atom stereocenters. The van der Waals surface area contributed by atoms with E-state index in [1.807, 2.05) is 12.1 Å². The van der Waals surface area contributed by atoms with E-state index in [-0.39, 0.29) is 5.78 Å². The van der Waals surface area contributed by atoms with Crippen molar-refractivity contribution in [2.45, 2.75) is 26.7 Å². The SMILES string of the molecule is CCC/C(=C\c1ccncc1P)C(C)=O. The van der Waals surface area contributed by atoms with Crippen molar-refractivity contribution < 1.29 is 4.79 Å². The summed E-state index contributed by atoms with van der Waals surface area (Å²) in [4.78, 5) is 15.4. The number of ketones is 1. The van der Waals surface area contributed by atoms with Crippen molar-refractivity contribution in [2.75, 3.05) is 0 Å². The van der Waals surface area contributed by atoms with Gasteiger partial charge in [-0.05, 0) is 41.9 Å². The van der Waals surface area contributed by atoms with Gasteiger partial charge >= 0.3 is 0 Å². The van der Waals surface area contributed by atoms with Crippen molar-refractivity contribution >= 4 is 26.4 Å². The van der Waals surface area contributed by atoms with Crippen LogP contribution in [0.3, 0.4) is 0 Å². The molecule has 0 fully saturated rings. The summed E-state index contributed by atoms with van der Waals surface area (Å²) in [6.07, 6.45) is 7.30. The van der Waals surface area contributed by atoms with Crippen molar-refractivity contribution in [3.63, 3.8) is 0 Å². The van der Waals surface area contributed by atoms with Crippen LogP contribution in [0.15, 0.2) is 24.0 Å². The largest absolute Gasteiger partial charge is 0.295 e. The Balaban J connectivity index is 3.02. The predicted molar refractivity (Wildman–Crippen MR) is 67.1 cm³/mol. The Labute approximate surface area is 93.0 Å². The van der Waals surface area contributed by atoms with Crippen molar-refractivity contribution in [1.82, 2.24) is 4.98 Å². The Morgan fingerprint density at radius 3 is 2.87 bits per heavy atom. The van der Waals surface area contributed by atoms with Gasteiger partial charge in [0.05, 0.1) is 0 Å². The Morgan fingerprint density at radius 1 is 1.60 bits per heavy atom. The molecule has 0 radical (unpaired) electrons. The molecule has 0 N–H and O–H groups in total. The van der Waals surface area contributed by atoms with Crippen LogP contribution in [0.25, 0.3) is 6.08 Å². The zero-order chi connectivity index (χ0) is 11.3. The van der Waals surface area contributed by atoms with Crippen LogP contribution in [-0.4, -0.2) is 10.8 Å². The number of aromatic nitrogens is 1. The van der Waals surface area contributed by atoms with E-state index in [9.17, 15) is 4.79 Å². The predicted octanol–water partition coefficient (Wildman–Crippen LogP) is 2.35. The van der Waals surface area contributed by atoms with Gasteiger partial charge < -0.3 is 0 Å². The standard InChI is InChI=1S/C12H16NOP/c1-3-4-10(9(2)14)7-11-5-6-13-8-12(11)15/h5-8H,3-4,15H2,1-2H3/b10-7+. The minimum atomic E-state index is 0.151. The van der Waals surface area contributed by atoms with E-state index in [0.29, 0.717) is 0 Å². The van der Waals surface area contributed by atoms with Gasteiger partial charge in [0.1, 0.15) is 0 Å². The normalized spacial score (nSPS) is 11.5. The second-order valence-electron chi connectivity index (χ2n) is 3.48. The lowest BCUT2D eigenvalue weighted by Crippen LogP contribution is -2.01. The zero-order valence-electron chi connectivity index (χ0n) is 9.16. The van der Waals surface area contributed by atoms with Crippen LogP contribution in [0, 0.1) is 0 Å². The number of carbonyl (C=O) groups is 1. The summed E-state index contributed by atoms with van der Waals surface area (Å²) in [7, 11) is 2.63. The van der Waals surface area contributed by atoms with Crippen molar-refractivity contribution in [2.24, 2.45) is 0 Å². The molecule has 2 nitrogen and oxygen atoms in total. The van der Waals surface area contributed by atoms with Crippen LogP contribution in [0.4, 0.5) is 0 Å². The number of Topliss-reactive ketones (excluding diaryl/α,β-unsaturated/α-hetero) is 1. The molecule has 1 aromatic heterocycles. The first kappa shape index (κ1) is 12.1. The number of carbonyl (C=O) groups excluding carboxylic acids is 1.